The molecule has 0 aliphatic rings. The molecular formula is C32H32FNO6S. The van der Waals surface area contributed by atoms with E-state index in [4.69, 9.17) is 15.2 Å². The third-order valence-electron chi connectivity index (χ3n) is 6.66. The molecule has 1 amide bonds. The zero-order chi connectivity index (χ0) is 29.4. The Labute approximate surface area is 239 Å². The number of phenols is 1. The molecule has 4 aromatic carbocycles. The van der Waals surface area contributed by atoms with E-state index in [0.717, 1.165) is 5.56 Å². The molecule has 0 heterocycles. The Kier molecular flexibility index (Phi) is 9.62. The number of hydrogen-bond acceptors (Lipinski definition) is 6. The monoisotopic (exact) mass is 577 g/mol. The van der Waals surface area contributed by atoms with Crippen LogP contribution in [0.4, 0.5) is 4.39 Å². The highest BCUT2D eigenvalue weighted by Gasteiger charge is 2.33. The molecule has 0 saturated carbocycles. The van der Waals surface area contributed by atoms with E-state index in [1.54, 1.807) is 60.7 Å². The third kappa shape index (κ3) is 7.24. The fourth-order valence-corrected chi connectivity index (χ4v) is 6.03. The summed E-state index contributed by atoms with van der Waals surface area (Å²) < 4.78 is 51.4. The summed E-state index contributed by atoms with van der Waals surface area (Å²) in [7, 11) is -4.00. The lowest BCUT2D eigenvalue weighted by Crippen LogP contribution is -2.37. The number of primary amides is 1. The zero-order valence-electron chi connectivity index (χ0n) is 22.6. The first kappa shape index (κ1) is 29.6. The number of nitrogens with two attached hydrogens (primary N) is 1. The van der Waals surface area contributed by atoms with Crippen LogP contribution >= 0.6 is 0 Å². The van der Waals surface area contributed by atoms with Gasteiger partial charge < -0.3 is 20.3 Å². The summed E-state index contributed by atoms with van der Waals surface area (Å²) >= 11 is 0. The predicted molar refractivity (Wildman–Crippen MR) is 155 cm³/mol. The number of phenolic OH excluding ortho intramolecular Hbond substituents is 1. The lowest BCUT2D eigenvalue weighted by Gasteiger charge is -2.17. The smallest absolute Gasteiger partial charge is 0.236 e. The first-order valence-corrected chi connectivity index (χ1v) is 14.8. The van der Waals surface area contributed by atoms with Crippen molar-refractivity contribution in [2.45, 2.75) is 36.3 Å². The SMILES string of the molecule is CCc1cc(-c2ccc(F)cc2)c(O)cc1OCCCOc1ccccc1CC(C(N)=O)S(=O)(=O)c1ccccc1. The van der Waals surface area contributed by atoms with Gasteiger partial charge in [0.05, 0.1) is 18.1 Å². The predicted octanol–water partition coefficient (Wildman–Crippen LogP) is 5.48. The van der Waals surface area contributed by atoms with E-state index in [1.807, 2.05) is 13.0 Å². The second-order valence-corrected chi connectivity index (χ2v) is 11.6. The van der Waals surface area contributed by atoms with Crippen LogP contribution in [0.25, 0.3) is 11.1 Å². The maximum absolute atomic E-state index is 13.3. The fourth-order valence-electron chi connectivity index (χ4n) is 4.46. The molecule has 214 valence electrons. The number of carbonyl (C=O) groups is 1. The van der Waals surface area contributed by atoms with Crippen LogP contribution in [-0.2, 0) is 27.5 Å². The molecule has 7 nitrogen and oxygen atoms in total. The van der Waals surface area contributed by atoms with Gasteiger partial charge in [-0.25, -0.2) is 12.8 Å². The molecule has 3 N–H and O–H groups in total. The lowest BCUT2D eigenvalue weighted by molar-refractivity contribution is -0.117. The highest BCUT2D eigenvalue weighted by molar-refractivity contribution is 7.92. The van der Waals surface area contributed by atoms with Crippen LogP contribution in [0, 0.1) is 5.82 Å². The van der Waals surface area contributed by atoms with Crippen LogP contribution in [0.1, 0.15) is 24.5 Å². The summed E-state index contributed by atoms with van der Waals surface area (Å²) in [5.41, 5.74) is 8.27. The number of amides is 1. The minimum atomic E-state index is -4.00. The number of para-hydroxylation sites is 1. The first-order chi connectivity index (χ1) is 19.7. The van der Waals surface area contributed by atoms with Gasteiger partial charge in [0.25, 0.3) is 0 Å². The number of aromatic hydroxyl groups is 1. The van der Waals surface area contributed by atoms with Gasteiger partial charge in [-0.2, -0.15) is 0 Å². The molecule has 0 radical (unpaired) electrons. The second-order valence-electron chi connectivity index (χ2n) is 9.45. The van der Waals surface area contributed by atoms with E-state index < -0.39 is 21.0 Å². The Morgan fingerprint density at radius 3 is 2.17 bits per heavy atom. The summed E-state index contributed by atoms with van der Waals surface area (Å²) in [5, 5.41) is 9.13. The maximum Gasteiger partial charge on any atom is 0.236 e. The molecule has 0 aliphatic carbocycles. The molecule has 1 unspecified atom stereocenters. The average Bonchev–Trinajstić information content (AvgIpc) is 2.97. The molecule has 0 spiro atoms. The van der Waals surface area contributed by atoms with Gasteiger partial charge in [-0.1, -0.05) is 55.5 Å². The third-order valence-corrected chi connectivity index (χ3v) is 8.74. The maximum atomic E-state index is 13.3. The van der Waals surface area contributed by atoms with Crippen molar-refractivity contribution in [3.63, 3.8) is 0 Å². The van der Waals surface area contributed by atoms with E-state index >= 15 is 0 Å². The summed E-state index contributed by atoms with van der Waals surface area (Å²) in [5.74, 6) is -0.246. The van der Waals surface area contributed by atoms with Gasteiger partial charge in [-0.3, -0.25) is 4.79 Å². The largest absolute Gasteiger partial charge is 0.507 e. The lowest BCUT2D eigenvalue weighted by atomic mass is 10.00. The number of sulfone groups is 1. The van der Waals surface area contributed by atoms with Gasteiger partial charge >= 0.3 is 0 Å². The molecule has 0 saturated heterocycles. The molecule has 4 aromatic rings. The zero-order valence-corrected chi connectivity index (χ0v) is 23.4. The molecular weight excluding hydrogens is 545 g/mol. The Bertz CT molecular complexity index is 1590. The summed E-state index contributed by atoms with van der Waals surface area (Å²) in [4.78, 5) is 12.2. The van der Waals surface area contributed by atoms with Crippen molar-refractivity contribution in [2.75, 3.05) is 13.2 Å². The van der Waals surface area contributed by atoms with Crippen molar-refractivity contribution >= 4 is 15.7 Å². The van der Waals surface area contributed by atoms with Crippen molar-refractivity contribution in [3.05, 3.63) is 108 Å². The number of rotatable bonds is 13. The summed E-state index contributed by atoms with van der Waals surface area (Å²) in [6, 6.07) is 24.0. The minimum Gasteiger partial charge on any atom is -0.507 e. The van der Waals surface area contributed by atoms with Crippen LogP contribution in [0.3, 0.4) is 0 Å². The molecule has 1 atom stereocenters. The number of halogens is 1. The minimum absolute atomic E-state index is 0.0301. The van der Waals surface area contributed by atoms with Crippen LogP contribution in [-0.4, -0.2) is 37.9 Å². The van der Waals surface area contributed by atoms with Gasteiger partial charge in [0.1, 0.15) is 28.3 Å². The van der Waals surface area contributed by atoms with E-state index in [9.17, 15) is 22.7 Å². The number of carbonyl (C=O) groups excluding carboxylic acids is 1. The van der Waals surface area contributed by atoms with Crippen molar-refractivity contribution in [1.29, 1.82) is 0 Å². The van der Waals surface area contributed by atoms with E-state index in [2.05, 4.69) is 0 Å². The molecule has 0 aromatic heterocycles. The molecule has 4 rings (SSSR count). The van der Waals surface area contributed by atoms with Gasteiger partial charge in [0, 0.05) is 24.5 Å². The van der Waals surface area contributed by atoms with E-state index in [-0.39, 0.29) is 29.5 Å². The normalized spacial score (nSPS) is 12.0. The standard InChI is InChI=1S/C32H32FNO6S/c1-2-22-19-27(23-13-15-25(33)16-14-23)28(35)21-30(22)40-18-8-17-39-29-12-7-6-9-24(29)20-31(32(34)36)41(37,38)26-10-4-3-5-11-26/h3-7,9-16,19,21,31,35H,2,8,17-18,20H2,1H3,(H2,34,36). The van der Waals surface area contributed by atoms with Gasteiger partial charge in [0.15, 0.2) is 9.84 Å². The van der Waals surface area contributed by atoms with Crippen LogP contribution < -0.4 is 15.2 Å². The highest BCUT2D eigenvalue weighted by atomic mass is 32.2. The van der Waals surface area contributed by atoms with Crippen molar-refractivity contribution in [3.8, 4) is 28.4 Å². The van der Waals surface area contributed by atoms with Crippen molar-refractivity contribution < 1.29 is 32.2 Å². The average molecular weight is 578 g/mol. The Morgan fingerprint density at radius 1 is 0.878 bits per heavy atom. The fraction of sp³-hybridized carbons (Fsp3) is 0.219. The topological polar surface area (TPSA) is 116 Å². The number of aryl methyl sites for hydroxylation is 1. The van der Waals surface area contributed by atoms with E-state index in [0.29, 0.717) is 47.6 Å². The Hall–Kier alpha value is -4.37. The molecule has 41 heavy (non-hydrogen) atoms. The summed E-state index contributed by atoms with van der Waals surface area (Å²) in [6.45, 7) is 2.55. The Balaban J connectivity index is 1.38. The van der Waals surface area contributed by atoms with Gasteiger partial charge in [-0.15, -0.1) is 0 Å². The van der Waals surface area contributed by atoms with Gasteiger partial charge in [0.2, 0.25) is 5.91 Å². The van der Waals surface area contributed by atoms with Crippen molar-refractivity contribution in [2.24, 2.45) is 5.73 Å². The van der Waals surface area contributed by atoms with Crippen LogP contribution in [0.2, 0.25) is 0 Å². The molecule has 0 bridgehead atoms. The van der Waals surface area contributed by atoms with Crippen LogP contribution in [0.15, 0.2) is 95.9 Å². The molecule has 0 fully saturated rings. The first-order valence-electron chi connectivity index (χ1n) is 13.2. The Morgan fingerprint density at radius 2 is 1.51 bits per heavy atom. The molecule has 9 heteroatoms. The van der Waals surface area contributed by atoms with Crippen LogP contribution in [0.5, 0.6) is 17.2 Å². The van der Waals surface area contributed by atoms with Gasteiger partial charge in [-0.05, 0) is 59.5 Å². The van der Waals surface area contributed by atoms with Crippen molar-refractivity contribution in [1.82, 2.24) is 0 Å². The number of benzene rings is 4. The number of ether oxygens (including phenoxy) is 2. The highest BCUT2D eigenvalue weighted by Crippen LogP contribution is 2.36. The summed E-state index contributed by atoms with van der Waals surface area (Å²) in [6.07, 6.45) is 1.04. The van der Waals surface area contributed by atoms with E-state index in [1.165, 1.54) is 24.3 Å². The quantitative estimate of drug-likeness (QED) is 0.203. The molecule has 0 aliphatic heterocycles. The second kappa shape index (κ2) is 13.3. The number of hydrogen-bond donors (Lipinski definition) is 2.